The van der Waals surface area contributed by atoms with Crippen LogP contribution in [0.4, 0.5) is 5.69 Å². The number of carbonyl (C=O) groups is 1. The summed E-state index contributed by atoms with van der Waals surface area (Å²) < 4.78 is 0. The number of nitrogens with zero attached hydrogens (tertiary/aromatic N) is 4. The normalized spacial score (nSPS) is 17.6. The molecule has 0 radical (unpaired) electrons. The molecule has 2 aliphatic rings. The van der Waals surface area contributed by atoms with E-state index >= 15 is 0 Å². The Bertz CT molecular complexity index is 1270. The third-order valence-corrected chi connectivity index (χ3v) is 7.33. The van der Waals surface area contributed by atoms with Gasteiger partial charge >= 0.3 is 0 Å². The Morgan fingerprint density at radius 1 is 1.15 bits per heavy atom. The molecule has 2 saturated heterocycles. The summed E-state index contributed by atoms with van der Waals surface area (Å²) in [5, 5.41) is 2.60. The van der Waals surface area contributed by atoms with Crippen LogP contribution in [0.2, 0.25) is 0 Å². The highest BCUT2D eigenvalue weighted by Gasteiger charge is 2.55. The Hall–Kier alpha value is -3.26. The molecule has 0 unspecified atom stereocenters. The van der Waals surface area contributed by atoms with E-state index in [4.69, 9.17) is 0 Å². The number of hydrogen-bond donors (Lipinski definition) is 2. The molecule has 33 heavy (non-hydrogen) atoms. The molecule has 0 saturated carbocycles. The number of carbonyl (C=O) groups excluding carboxylic acids is 1. The molecule has 1 amide bonds. The van der Waals surface area contributed by atoms with Gasteiger partial charge in [-0.15, -0.1) is 0 Å². The minimum absolute atomic E-state index is 0.0305. The van der Waals surface area contributed by atoms with Gasteiger partial charge in [-0.3, -0.25) is 19.5 Å². The molecular formula is C25H30N6O2. The number of H-pyrrole nitrogens is 1. The predicted molar refractivity (Wildman–Crippen MR) is 129 cm³/mol. The van der Waals surface area contributed by atoms with Crippen molar-refractivity contribution >= 4 is 22.6 Å². The standard InChI is InChI=1S/C25H30N6O2/c1-5-16-8-20-21(29-22(16)32)9-17(10-27-20)24(2,3)31-14-25(15-31)12-30(13-25)18-6-7-19(28-11-18)23(33)26-4/h6-11H,5,12-15H2,1-4H3,(H,26,33)(H,29,32). The van der Waals surface area contributed by atoms with E-state index in [0.29, 0.717) is 17.5 Å². The molecule has 8 heteroatoms. The van der Waals surface area contributed by atoms with Gasteiger partial charge in [-0.25, -0.2) is 4.98 Å². The van der Waals surface area contributed by atoms with E-state index < -0.39 is 0 Å². The smallest absolute Gasteiger partial charge is 0.269 e. The second kappa shape index (κ2) is 7.66. The quantitative estimate of drug-likeness (QED) is 0.625. The van der Waals surface area contributed by atoms with Crippen molar-refractivity contribution in [3.05, 3.63) is 63.8 Å². The third kappa shape index (κ3) is 3.58. The molecule has 2 fully saturated rings. The Morgan fingerprint density at radius 2 is 1.91 bits per heavy atom. The van der Waals surface area contributed by atoms with Crippen LogP contribution in [0.25, 0.3) is 11.0 Å². The van der Waals surface area contributed by atoms with E-state index in [2.05, 4.69) is 50.0 Å². The van der Waals surface area contributed by atoms with Crippen LogP contribution >= 0.6 is 0 Å². The minimum atomic E-state index is -0.177. The molecule has 5 rings (SSSR count). The van der Waals surface area contributed by atoms with Crippen LogP contribution in [0, 0.1) is 5.41 Å². The zero-order valence-electron chi connectivity index (χ0n) is 19.6. The van der Waals surface area contributed by atoms with Crippen LogP contribution in [0.3, 0.4) is 0 Å². The lowest BCUT2D eigenvalue weighted by Gasteiger charge is -2.64. The van der Waals surface area contributed by atoms with E-state index in [0.717, 1.165) is 54.0 Å². The number of likely N-dealkylation sites (tertiary alicyclic amines) is 1. The molecule has 3 aromatic rings. The lowest BCUT2D eigenvalue weighted by Crippen LogP contribution is -2.74. The van der Waals surface area contributed by atoms with Crippen molar-refractivity contribution in [2.75, 3.05) is 38.1 Å². The van der Waals surface area contributed by atoms with Gasteiger partial charge in [0.2, 0.25) is 0 Å². The fourth-order valence-corrected chi connectivity index (χ4v) is 5.04. The van der Waals surface area contributed by atoms with Crippen LogP contribution in [0.15, 0.2) is 41.5 Å². The van der Waals surface area contributed by atoms with Gasteiger partial charge in [0.15, 0.2) is 0 Å². The first-order valence-electron chi connectivity index (χ1n) is 11.5. The Kier molecular flexibility index (Phi) is 5.01. The van der Waals surface area contributed by atoms with Crippen LogP contribution in [-0.2, 0) is 12.0 Å². The van der Waals surface area contributed by atoms with Crippen LogP contribution < -0.4 is 15.8 Å². The van der Waals surface area contributed by atoms with Crippen molar-refractivity contribution in [2.45, 2.75) is 32.7 Å². The average Bonchev–Trinajstić information content (AvgIpc) is 2.76. The van der Waals surface area contributed by atoms with Crippen molar-refractivity contribution in [2.24, 2.45) is 5.41 Å². The van der Waals surface area contributed by atoms with Crippen LogP contribution in [-0.4, -0.2) is 59.0 Å². The number of aryl methyl sites for hydroxylation is 1. The maximum atomic E-state index is 12.3. The summed E-state index contributed by atoms with van der Waals surface area (Å²) in [6.45, 7) is 10.4. The molecule has 0 bridgehead atoms. The van der Waals surface area contributed by atoms with Gasteiger partial charge in [0.25, 0.3) is 11.5 Å². The molecule has 2 aliphatic heterocycles. The number of aromatic nitrogens is 3. The third-order valence-electron chi connectivity index (χ3n) is 7.33. The predicted octanol–water partition coefficient (Wildman–Crippen LogP) is 2.30. The number of anilines is 1. The molecular weight excluding hydrogens is 416 g/mol. The first kappa shape index (κ1) is 21.6. The zero-order chi connectivity index (χ0) is 23.4. The van der Waals surface area contributed by atoms with Crippen molar-refractivity contribution in [1.82, 2.24) is 25.2 Å². The number of nitrogens with one attached hydrogen (secondary N) is 2. The van der Waals surface area contributed by atoms with E-state index in [9.17, 15) is 9.59 Å². The monoisotopic (exact) mass is 446 g/mol. The second-order valence-electron chi connectivity index (χ2n) is 9.89. The van der Waals surface area contributed by atoms with Crippen molar-refractivity contribution in [3.8, 4) is 0 Å². The van der Waals surface area contributed by atoms with Gasteiger partial charge in [0.05, 0.1) is 22.9 Å². The molecule has 8 nitrogen and oxygen atoms in total. The number of rotatable bonds is 5. The van der Waals surface area contributed by atoms with E-state index in [1.165, 1.54) is 0 Å². The van der Waals surface area contributed by atoms with Gasteiger partial charge in [0, 0.05) is 55.9 Å². The Morgan fingerprint density at radius 3 is 2.55 bits per heavy atom. The highest BCUT2D eigenvalue weighted by molar-refractivity contribution is 5.92. The van der Waals surface area contributed by atoms with E-state index in [1.54, 1.807) is 19.3 Å². The van der Waals surface area contributed by atoms with Crippen molar-refractivity contribution in [1.29, 1.82) is 0 Å². The lowest BCUT2D eigenvalue weighted by atomic mass is 9.70. The molecule has 1 spiro atoms. The maximum absolute atomic E-state index is 12.3. The van der Waals surface area contributed by atoms with Crippen molar-refractivity contribution < 1.29 is 4.79 Å². The molecule has 2 N–H and O–H groups in total. The van der Waals surface area contributed by atoms with Crippen molar-refractivity contribution in [3.63, 3.8) is 0 Å². The Balaban J connectivity index is 1.25. The number of hydrogen-bond acceptors (Lipinski definition) is 6. The summed E-state index contributed by atoms with van der Waals surface area (Å²) in [7, 11) is 1.61. The van der Waals surface area contributed by atoms with Gasteiger partial charge in [-0.05, 0) is 50.1 Å². The fraction of sp³-hybridized carbons (Fsp3) is 0.440. The van der Waals surface area contributed by atoms with Crippen LogP contribution in [0.1, 0.15) is 42.4 Å². The molecule has 5 heterocycles. The first-order chi connectivity index (χ1) is 15.7. The summed E-state index contributed by atoms with van der Waals surface area (Å²) in [4.78, 5) is 40.7. The number of amides is 1. The largest absolute Gasteiger partial charge is 0.369 e. The van der Waals surface area contributed by atoms with E-state index in [1.807, 2.05) is 25.3 Å². The molecule has 0 aliphatic carbocycles. The zero-order valence-corrected chi connectivity index (χ0v) is 19.6. The average molecular weight is 447 g/mol. The number of pyridine rings is 3. The van der Waals surface area contributed by atoms with E-state index in [-0.39, 0.29) is 17.0 Å². The first-order valence-corrected chi connectivity index (χ1v) is 11.5. The summed E-state index contributed by atoms with van der Waals surface area (Å²) in [6, 6.07) is 7.70. The maximum Gasteiger partial charge on any atom is 0.269 e. The summed E-state index contributed by atoms with van der Waals surface area (Å²) in [5.41, 5.74) is 5.07. The van der Waals surface area contributed by atoms with Gasteiger partial charge in [-0.2, -0.15) is 0 Å². The fourth-order valence-electron chi connectivity index (χ4n) is 5.04. The summed E-state index contributed by atoms with van der Waals surface area (Å²) >= 11 is 0. The summed E-state index contributed by atoms with van der Waals surface area (Å²) in [6.07, 6.45) is 4.42. The van der Waals surface area contributed by atoms with Gasteiger partial charge < -0.3 is 15.2 Å². The summed E-state index contributed by atoms with van der Waals surface area (Å²) in [5.74, 6) is -0.170. The molecule has 172 valence electrons. The Labute approximate surface area is 193 Å². The number of fused-ring (bicyclic) bond motifs is 1. The highest BCUT2D eigenvalue weighted by Crippen LogP contribution is 2.46. The minimum Gasteiger partial charge on any atom is -0.369 e. The molecule has 0 aromatic carbocycles. The van der Waals surface area contributed by atoms with Gasteiger partial charge in [-0.1, -0.05) is 6.92 Å². The lowest BCUT2D eigenvalue weighted by molar-refractivity contribution is -0.0834. The van der Waals surface area contributed by atoms with Crippen LogP contribution in [0.5, 0.6) is 0 Å². The topological polar surface area (TPSA) is 94.2 Å². The molecule has 0 atom stereocenters. The number of aromatic amines is 1. The second-order valence-corrected chi connectivity index (χ2v) is 9.89. The molecule has 3 aromatic heterocycles. The van der Waals surface area contributed by atoms with Gasteiger partial charge in [0.1, 0.15) is 5.69 Å². The SMILES string of the molecule is CCc1cc2ncc(C(C)(C)N3CC4(CN(c5ccc(C(=O)NC)nc5)C4)C3)cc2[nH]c1=O. The highest BCUT2D eigenvalue weighted by atomic mass is 16.1.